The van der Waals surface area contributed by atoms with Gasteiger partial charge in [0, 0.05) is 11.0 Å². The van der Waals surface area contributed by atoms with Crippen LogP contribution in [0, 0.1) is 11.3 Å². The summed E-state index contributed by atoms with van der Waals surface area (Å²) in [5.41, 5.74) is 0.452. The first kappa shape index (κ1) is 13.4. The lowest BCUT2D eigenvalue weighted by molar-refractivity contribution is 0.0670. The Balaban J connectivity index is 2.30. The van der Waals surface area contributed by atoms with Crippen molar-refractivity contribution >= 4 is 33.4 Å². The molecule has 1 fully saturated rings. The minimum absolute atomic E-state index is 0.160. The lowest BCUT2D eigenvalue weighted by atomic mass is 10.0. The average Bonchev–Trinajstić information content (AvgIpc) is 2.40. The monoisotopic (exact) mass is 326 g/mol. The molecular weight excluding hydrogens is 316 g/mol. The third kappa shape index (κ3) is 2.68. The second-order valence-electron chi connectivity index (χ2n) is 4.26. The Morgan fingerprint density at radius 3 is 3.00 bits per heavy atom. The number of nitriles is 1. The molecule has 3 nitrogen and oxygen atoms in total. The number of rotatable bonds is 1. The normalized spacial score (nSPS) is 19.4. The first-order valence-electron chi connectivity index (χ1n) is 5.79. The van der Waals surface area contributed by atoms with E-state index in [0.717, 1.165) is 23.7 Å². The molecule has 1 aromatic rings. The topological polar surface area (TPSA) is 44.1 Å². The van der Waals surface area contributed by atoms with Crippen LogP contribution in [0.4, 0.5) is 0 Å². The van der Waals surface area contributed by atoms with Gasteiger partial charge in [0.25, 0.3) is 5.91 Å². The molecule has 94 valence electrons. The Morgan fingerprint density at radius 2 is 2.28 bits per heavy atom. The molecule has 0 radical (unpaired) electrons. The molecule has 2 rings (SSSR count). The summed E-state index contributed by atoms with van der Waals surface area (Å²) >= 11 is 9.38. The van der Waals surface area contributed by atoms with E-state index in [1.54, 1.807) is 23.1 Å². The van der Waals surface area contributed by atoms with Crippen molar-refractivity contribution in [2.24, 2.45) is 0 Å². The lowest BCUT2D eigenvalue weighted by Gasteiger charge is -2.31. The number of hydrogen-bond donors (Lipinski definition) is 0. The average molecular weight is 328 g/mol. The third-order valence-electron chi connectivity index (χ3n) is 3.07. The van der Waals surface area contributed by atoms with Crippen LogP contribution in [-0.2, 0) is 0 Å². The summed E-state index contributed by atoms with van der Waals surface area (Å²) in [6, 6.07) is 7.03. The Morgan fingerprint density at radius 1 is 1.50 bits per heavy atom. The van der Waals surface area contributed by atoms with Gasteiger partial charge in [0.05, 0.1) is 16.7 Å². The van der Waals surface area contributed by atoms with Crippen molar-refractivity contribution < 1.29 is 4.79 Å². The Bertz CT molecular complexity index is 512. The smallest absolute Gasteiger partial charge is 0.256 e. The molecular formula is C13H12BrClN2O. The number of carbonyl (C=O) groups is 1. The first-order chi connectivity index (χ1) is 8.63. The number of amides is 1. The predicted octanol–water partition coefficient (Wildman–Crippen LogP) is 3.62. The second-order valence-corrected chi connectivity index (χ2v) is 5.59. The van der Waals surface area contributed by atoms with Gasteiger partial charge in [0.2, 0.25) is 0 Å². The Hall–Kier alpha value is -1.05. The zero-order valence-electron chi connectivity index (χ0n) is 9.70. The summed E-state index contributed by atoms with van der Waals surface area (Å²) in [6.45, 7) is 0.625. The van der Waals surface area contributed by atoms with Crippen molar-refractivity contribution in [3.8, 4) is 6.07 Å². The van der Waals surface area contributed by atoms with Gasteiger partial charge < -0.3 is 4.90 Å². The molecule has 1 unspecified atom stereocenters. The van der Waals surface area contributed by atoms with Crippen LogP contribution in [0.1, 0.15) is 29.6 Å². The molecule has 1 aliphatic heterocycles. The van der Waals surface area contributed by atoms with Crippen molar-refractivity contribution in [3.63, 3.8) is 0 Å². The van der Waals surface area contributed by atoms with Crippen LogP contribution in [0.15, 0.2) is 22.7 Å². The van der Waals surface area contributed by atoms with E-state index >= 15 is 0 Å². The maximum absolute atomic E-state index is 12.4. The lowest BCUT2D eigenvalue weighted by Crippen LogP contribution is -2.43. The molecule has 18 heavy (non-hydrogen) atoms. The standard InChI is InChI=1S/C13H12BrClN2O/c14-9-4-5-12(15)11(7-9)13(18)17-6-2-1-3-10(17)8-16/h4-5,7,10H,1-3,6H2. The molecule has 1 aliphatic rings. The summed E-state index contributed by atoms with van der Waals surface area (Å²) in [5, 5.41) is 9.52. The highest BCUT2D eigenvalue weighted by molar-refractivity contribution is 9.10. The van der Waals surface area contributed by atoms with Gasteiger partial charge in [-0.25, -0.2) is 0 Å². The van der Waals surface area contributed by atoms with E-state index in [1.165, 1.54) is 0 Å². The zero-order valence-corrected chi connectivity index (χ0v) is 12.0. The van der Waals surface area contributed by atoms with Gasteiger partial charge in [-0.15, -0.1) is 0 Å². The van der Waals surface area contributed by atoms with Crippen LogP contribution in [-0.4, -0.2) is 23.4 Å². The molecule has 1 heterocycles. The van der Waals surface area contributed by atoms with Crippen LogP contribution in [0.2, 0.25) is 5.02 Å². The van der Waals surface area contributed by atoms with Crippen molar-refractivity contribution in [1.82, 2.24) is 4.90 Å². The van der Waals surface area contributed by atoms with E-state index in [4.69, 9.17) is 16.9 Å². The Labute approximate surface area is 119 Å². The van der Waals surface area contributed by atoms with E-state index < -0.39 is 0 Å². The summed E-state index contributed by atoms with van der Waals surface area (Å²) in [7, 11) is 0. The molecule has 5 heteroatoms. The summed E-state index contributed by atoms with van der Waals surface area (Å²) in [4.78, 5) is 14.0. The molecule has 0 N–H and O–H groups in total. The minimum Gasteiger partial charge on any atom is -0.323 e. The van der Waals surface area contributed by atoms with Crippen molar-refractivity contribution in [2.45, 2.75) is 25.3 Å². The van der Waals surface area contributed by atoms with Crippen molar-refractivity contribution in [1.29, 1.82) is 5.26 Å². The summed E-state index contributed by atoms with van der Waals surface area (Å²) in [5.74, 6) is -0.160. The van der Waals surface area contributed by atoms with E-state index in [0.29, 0.717) is 17.1 Å². The number of nitrogens with zero attached hydrogens (tertiary/aromatic N) is 2. The second kappa shape index (κ2) is 5.73. The maximum Gasteiger partial charge on any atom is 0.256 e. The number of piperidine rings is 1. The van der Waals surface area contributed by atoms with E-state index in [2.05, 4.69) is 22.0 Å². The first-order valence-corrected chi connectivity index (χ1v) is 6.96. The highest BCUT2D eigenvalue weighted by Gasteiger charge is 2.28. The molecule has 0 bridgehead atoms. The number of hydrogen-bond acceptors (Lipinski definition) is 2. The number of halogens is 2. The van der Waals surface area contributed by atoms with Gasteiger partial charge in [-0.05, 0) is 37.5 Å². The van der Waals surface area contributed by atoms with Crippen molar-refractivity contribution in [3.05, 3.63) is 33.3 Å². The molecule has 1 atom stereocenters. The SMILES string of the molecule is N#CC1CCCCN1C(=O)c1cc(Br)ccc1Cl. The van der Waals surface area contributed by atoms with Gasteiger partial charge in [-0.3, -0.25) is 4.79 Å². The van der Waals surface area contributed by atoms with Gasteiger partial charge in [-0.1, -0.05) is 27.5 Å². The van der Waals surface area contributed by atoms with E-state index in [-0.39, 0.29) is 11.9 Å². The molecule has 0 saturated carbocycles. The fraction of sp³-hybridized carbons (Fsp3) is 0.385. The maximum atomic E-state index is 12.4. The third-order valence-corrected chi connectivity index (χ3v) is 3.89. The van der Waals surface area contributed by atoms with Crippen LogP contribution in [0.25, 0.3) is 0 Å². The fourth-order valence-electron chi connectivity index (χ4n) is 2.12. The van der Waals surface area contributed by atoms with E-state index in [1.807, 2.05) is 0 Å². The van der Waals surface area contributed by atoms with E-state index in [9.17, 15) is 4.79 Å². The molecule has 1 aromatic carbocycles. The number of likely N-dealkylation sites (tertiary alicyclic amines) is 1. The molecule has 1 amide bonds. The van der Waals surface area contributed by atoms with Crippen LogP contribution in [0.5, 0.6) is 0 Å². The summed E-state index contributed by atoms with van der Waals surface area (Å²) < 4.78 is 0.806. The molecule has 1 saturated heterocycles. The predicted molar refractivity (Wildman–Crippen MR) is 73.4 cm³/mol. The largest absolute Gasteiger partial charge is 0.323 e. The number of benzene rings is 1. The van der Waals surface area contributed by atoms with Gasteiger partial charge >= 0.3 is 0 Å². The van der Waals surface area contributed by atoms with Gasteiger partial charge in [-0.2, -0.15) is 5.26 Å². The summed E-state index contributed by atoms with van der Waals surface area (Å²) in [6.07, 6.45) is 2.68. The van der Waals surface area contributed by atoms with Gasteiger partial charge in [0.1, 0.15) is 6.04 Å². The number of carbonyl (C=O) groups excluding carboxylic acids is 1. The van der Waals surface area contributed by atoms with Gasteiger partial charge in [0.15, 0.2) is 0 Å². The fourth-order valence-corrected chi connectivity index (χ4v) is 2.68. The minimum atomic E-state index is -0.332. The highest BCUT2D eigenvalue weighted by Crippen LogP contribution is 2.25. The molecule has 0 aromatic heterocycles. The molecule has 0 spiro atoms. The highest BCUT2D eigenvalue weighted by atomic mass is 79.9. The van der Waals surface area contributed by atoms with Crippen LogP contribution < -0.4 is 0 Å². The van der Waals surface area contributed by atoms with Crippen LogP contribution in [0.3, 0.4) is 0 Å². The van der Waals surface area contributed by atoms with Crippen LogP contribution >= 0.6 is 27.5 Å². The zero-order chi connectivity index (χ0) is 13.1. The molecule has 0 aliphatic carbocycles. The Kier molecular flexibility index (Phi) is 4.26. The van der Waals surface area contributed by atoms with Crippen molar-refractivity contribution in [2.75, 3.05) is 6.54 Å². The quantitative estimate of drug-likeness (QED) is 0.790.